The lowest BCUT2D eigenvalue weighted by Gasteiger charge is -2.28. The molecular weight excluding hydrogens is 212 g/mol. The third-order valence-corrected chi connectivity index (χ3v) is 3.23. The highest BCUT2D eigenvalue weighted by atomic mass is 32.1. The van der Waals surface area contributed by atoms with E-state index >= 15 is 0 Å². The second-order valence-corrected chi connectivity index (χ2v) is 4.43. The van der Waals surface area contributed by atoms with Crippen molar-refractivity contribution in [2.75, 3.05) is 0 Å². The first-order valence-electron chi connectivity index (χ1n) is 5.11. The fraction of sp³-hybridized carbons (Fsp3) is 0.667. The number of nitrogens with two attached hydrogens (primary N) is 1. The van der Waals surface area contributed by atoms with Gasteiger partial charge < -0.3 is 11.1 Å². The molecule has 1 aromatic heterocycles. The Morgan fingerprint density at radius 2 is 2.33 bits per heavy atom. The maximum Gasteiger partial charge on any atom is 0.273 e. The van der Waals surface area contributed by atoms with Crippen LogP contribution in [0.4, 0.5) is 0 Å². The zero-order chi connectivity index (χ0) is 10.7. The van der Waals surface area contributed by atoms with Crippen molar-refractivity contribution in [3.63, 3.8) is 0 Å². The molecule has 1 aliphatic carbocycles. The van der Waals surface area contributed by atoms with E-state index in [9.17, 15) is 4.79 Å². The Labute approximate surface area is 92.2 Å². The largest absolute Gasteiger partial charge is 0.346 e. The van der Waals surface area contributed by atoms with E-state index in [0.717, 1.165) is 25.7 Å². The van der Waals surface area contributed by atoms with Crippen LogP contribution >= 0.6 is 11.5 Å². The minimum absolute atomic E-state index is 0.0781. The molecule has 0 aromatic carbocycles. The summed E-state index contributed by atoms with van der Waals surface area (Å²) < 4.78 is 3.65. The Hall–Kier alpha value is -1.01. The predicted molar refractivity (Wildman–Crippen MR) is 57.6 cm³/mol. The van der Waals surface area contributed by atoms with Gasteiger partial charge in [0.15, 0.2) is 5.69 Å². The maximum atomic E-state index is 11.7. The minimum Gasteiger partial charge on any atom is -0.346 e. The topological polar surface area (TPSA) is 80.9 Å². The van der Waals surface area contributed by atoms with Crippen molar-refractivity contribution < 1.29 is 4.79 Å². The zero-order valence-electron chi connectivity index (χ0n) is 8.35. The van der Waals surface area contributed by atoms with Gasteiger partial charge in [0.2, 0.25) is 0 Å². The summed E-state index contributed by atoms with van der Waals surface area (Å²) >= 11 is 1.18. The Bertz CT molecular complexity index is 327. The van der Waals surface area contributed by atoms with Crippen molar-refractivity contribution in [3.05, 3.63) is 11.1 Å². The van der Waals surface area contributed by atoms with E-state index < -0.39 is 0 Å². The molecule has 2 unspecified atom stereocenters. The van der Waals surface area contributed by atoms with Gasteiger partial charge in [-0.15, -0.1) is 5.10 Å². The van der Waals surface area contributed by atoms with Crippen LogP contribution in [0.1, 0.15) is 36.2 Å². The van der Waals surface area contributed by atoms with Crippen molar-refractivity contribution in [1.29, 1.82) is 0 Å². The molecule has 0 bridgehead atoms. The van der Waals surface area contributed by atoms with E-state index in [4.69, 9.17) is 5.73 Å². The summed E-state index contributed by atoms with van der Waals surface area (Å²) in [5.41, 5.74) is 6.32. The van der Waals surface area contributed by atoms with E-state index in [1.165, 1.54) is 11.5 Å². The minimum atomic E-state index is -0.161. The van der Waals surface area contributed by atoms with Crippen LogP contribution in [0.3, 0.4) is 0 Å². The number of rotatable bonds is 2. The standard InChI is InChI=1S/C9H14N4OS/c10-6-3-1-2-4-7(6)11-9(14)8-5-15-13-12-8/h5-7H,1-4,10H2,(H,11,14). The van der Waals surface area contributed by atoms with Crippen LogP contribution in [0.25, 0.3) is 0 Å². The van der Waals surface area contributed by atoms with Crippen LogP contribution in [0.2, 0.25) is 0 Å². The van der Waals surface area contributed by atoms with Gasteiger partial charge >= 0.3 is 0 Å². The fourth-order valence-electron chi connectivity index (χ4n) is 1.84. The molecule has 2 atom stereocenters. The van der Waals surface area contributed by atoms with Gasteiger partial charge in [-0.1, -0.05) is 17.3 Å². The van der Waals surface area contributed by atoms with Gasteiger partial charge in [-0.05, 0) is 24.4 Å². The molecule has 0 saturated heterocycles. The average Bonchev–Trinajstić information content (AvgIpc) is 2.74. The molecule has 2 rings (SSSR count). The van der Waals surface area contributed by atoms with E-state index in [1.54, 1.807) is 5.38 Å². The summed E-state index contributed by atoms with van der Waals surface area (Å²) in [4.78, 5) is 11.7. The van der Waals surface area contributed by atoms with E-state index in [0.29, 0.717) is 5.69 Å². The summed E-state index contributed by atoms with van der Waals surface area (Å²) in [6, 6.07) is 0.169. The average molecular weight is 226 g/mol. The van der Waals surface area contributed by atoms with Crippen LogP contribution in [-0.2, 0) is 0 Å². The third kappa shape index (κ3) is 2.51. The molecule has 6 heteroatoms. The van der Waals surface area contributed by atoms with E-state index in [1.807, 2.05) is 0 Å². The van der Waals surface area contributed by atoms with Gasteiger partial charge in [-0.25, -0.2) is 0 Å². The number of carbonyl (C=O) groups excluding carboxylic acids is 1. The molecule has 82 valence electrons. The Balaban J connectivity index is 1.93. The lowest BCUT2D eigenvalue weighted by Crippen LogP contribution is -2.49. The zero-order valence-corrected chi connectivity index (χ0v) is 9.17. The summed E-state index contributed by atoms with van der Waals surface area (Å²) in [6.07, 6.45) is 4.24. The van der Waals surface area contributed by atoms with Gasteiger partial charge in [0, 0.05) is 17.5 Å². The molecule has 0 aliphatic heterocycles. The second kappa shape index (κ2) is 4.67. The lowest BCUT2D eigenvalue weighted by molar-refractivity contribution is 0.0916. The summed E-state index contributed by atoms with van der Waals surface area (Å²) in [6.45, 7) is 0. The molecule has 1 saturated carbocycles. The highest BCUT2D eigenvalue weighted by Gasteiger charge is 2.24. The second-order valence-electron chi connectivity index (χ2n) is 3.82. The Kier molecular flexibility index (Phi) is 3.27. The number of aromatic nitrogens is 2. The Morgan fingerprint density at radius 1 is 1.53 bits per heavy atom. The molecule has 1 aliphatic rings. The SMILES string of the molecule is NC1CCCCC1NC(=O)c1csnn1. The first-order chi connectivity index (χ1) is 7.27. The number of amides is 1. The number of hydrogen-bond acceptors (Lipinski definition) is 5. The number of nitrogens with zero attached hydrogens (tertiary/aromatic N) is 2. The van der Waals surface area contributed by atoms with Gasteiger partial charge in [0.1, 0.15) is 0 Å². The molecule has 1 heterocycles. The first-order valence-corrected chi connectivity index (χ1v) is 5.94. The highest BCUT2D eigenvalue weighted by Crippen LogP contribution is 2.17. The van der Waals surface area contributed by atoms with Gasteiger partial charge in [-0.2, -0.15) is 0 Å². The first kappa shape index (κ1) is 10.5. The van der Waals surface area contributed by atoms with Crippen molar-refractivity contribution >= 4 is 17.4 Å². The summed E-state index contributed by atoms with van der Waals surface area (Å²) in [5, 5.41) is 8.28. The normalized spacial score (nSPS) is 26.2. The molecule has 3 N–H and O–H groups in total. The molecule has 0 radical (unpaired) electrons. The van der Waals surface area contributed by atoms with E-state index in [2.05, 4.69) is 14.9 Å². The van der Waals surface area contributed by atoms with Gasteiger partial charge in [0.25, 0.3) is 5.91 Å². The van der Waals surface area contributed by atoms with Crippen molar-refractivity contribution in [2.24, 2.45) is 5.73 Å². The summed E-state index contributed by atoms with van der Waals surface area (Å²) in [7, 11) is 0. The molecule has 1 aromatic rings. The highest BCUT2D eigenvalue weighted by molar-refractivity contribution is 7.03. The van der Waals surface area contributed by atoms with Crippen molar-refractivity contribution in [3.8, 4) is 0 Å². The molecular formula is C9H14N4OS. The van der Waals surface area contributed by atoms with Gasteiger partial charge in [-0.3, -0.25) is 4.79 Å². The molecule has 5 nitrogen and oxygen atoms in total. The van der Waals surface area contributed by atoms with Crippen LogP contribution in [0.15, 0.2) is 5.38 Å². The number of nitrogens with one attached hydrogen (secondary N) is 1. The van der Waals surface area contributed by atoms with Crippen LogP contribution in [-0.4, -0.2) is 27.6 Å². The smallest absolute Gasteiger partial charge is 0.273 e. The molecule has 15 heavy (non-hydrogen) atoms. The van der Waals surface area contributed by atoms with Crippen molar-refractivity contribution in [1.82, 2.24) is 14.9 Å². The van der Waals surface area contributed by atoms with Crippen LogP contribution in [0, 0.1) is 0 Å². The monoisotopic (exact) mass is 226 g/mol. The van der Waals surface area contributed by atoms with Crippen LogP contribution in [0.5, 0.6) is 0 Å². The molecule has 1 fully saturated rings. The predicted octanol–water partition coefficient (Wildman–Crippen LogP) is 0.538. The maximum absolute atomic E-state index is 11.7. The quantitative estimate of drug-likeness (QED) is 0.771. The number of carbonyl (C=O) groups is 1. The van der Waals surface area contributed by atoms with Gasteiger partial charge in [0.05, 0.1) is 0 Å². The van der Waals surface area contributed by atoms with Crippen LogP contribution < -0.4 is 11.1 Å². The van der Waals surface area contributed by atoms with Crippen molar-refractivity contribution in [2.45, 2.75) is 37.8 Å². The molecule has 1 amide bonds. The summed E-state index contributed by atoms with van der Waals surface area (Å²) in [5.74, 6) is -0.161. The Morgan fingerprint density at radius 3 is 3.00 bits per heavy atom. The van der Waals surface area contributed by atoms with E-state index in [-0.39, 0.29) is 18.0 Å². The number of hydrogen-bond donors (Lipinski definition) is 2. The third-order valence-electron chi connectivity index (χ3n) is 2.73. The lowest BCUT2D eigenvalue weighted by atomic mass is 9.91. The fourth-order valence-corrected chi connectivity index (χ4v) is 2.28. The molecule has 0 spiro atoms.